The SMILES string of the molecule is CCOC(=O)CSC(C)C(=O)Nc1ccc(C)c(S(=O)(=O)N(CC)CC)c1. The molecule has 1 rings (SSSR count). The van der Waals surface area contributed by atoms with E-state index in [0.717, 1.165) is 11.8 Å². The molecule has 0 bridgehead atoms. The molecule has 0 aliphatic heterocycles. The number of anilines is 1. The van der Waals surface area contributed by atoms with Crippen molar-refractivity contribution in [1.29, 1.82) is 0 Å². The highest BCUT2D eigenvalue weighted by atomic mass is 32.2. The van der Waals surface area contributed by atoms with Crippen LogP contribution in [0.1, 0.15) is 33.3 Å². The van der Waals surface area contributed by atoms with Crippen LogP contribution in [0.25, 0.3) is 0 Å². The Morgan fingerprint density at radius 3 is 2.41 bits per heavy atom. The number of benzene rings is 1. The lowest BCUT2D eigenvalue weighted by atomic mass is 10.2. The normalized spacial score (nSPS) is 12.7. The number of carbonyl (C=O) groups excluding carboxylic acids is 2. The summed E-state index contributed by atoms with van der Waals surface area (Å²) < 4.78 is 31.8. The Labute approximate surface area is 165 Å². The Hall–Kier alpha value is -1.58. The van der Waals surface area contributed by atoms with Crippen LogP contribution in [0.2, 0.25) is 0 Å². The van der Waals surface area contributed by atoms with Crippen molar-refractivity contribution in [1.82, 2.24) is 4.31 Å². The highest BCUT2D eigenvalue weighted by molar-refractivity contribution is 8.01. The zero-order valence-electron chi connectivity index (χ0n) is 16.4. The van der Waals surface area contributed by atoms with E-state index in [2.05, 4.69) is 5.32 Å². The molecule has 1 aromatic carbocycles. The molecule has 0 radical (unpaired) electrons. The van der Waals surface area contributed by atoms with Crippen molar-refractivity contribution < 1.29 is 22.7 Å². The molecule has 152 valence electrons. The van der Waals surface area contributed by atoms with Crippen molar-refractivity contribution in [2.45, 2.75) is 44.8 Å². The minimum atomic E-state index is -3.62. The second kappa shape index (κ2) is 10.7. The minimum Gasteiger partial charge on any atom is -0.465 e. The van der Waals surface area contributed by atoms with Crippen molar-refractivity contribution in [2.24, 2.45) is 0 Å². The quantitative estimate of drug-likeness (QED) is 0.590. The van der Waals surface area contributed by atoms with Crippen LogP contribution in [0, 0.1) is 6.92 Å². The standard InChI is InChI=1S/C18H28N2O5S2/c1-6-20(7-2)27(23,24)16-11-15(10-9-13(16)4)19-18(22)14(5)26-12-17(21)25-8-3/h9-11,14H,6-8,12H2,1-5H3,(H,19,22). The molecule has 1 aromatic rings. The molecule has 0 spiro atoms. The summed E-state index contributed by atoms with van der Waals surface area (Å²) in [6.45, 7) is 9.73. The third-order valence-corrected chi connectivity index (χ3v) is 7.21. The molecule has 7 nitrogen and oxygen atoms in total. The van der Waals surface area contributed by atoms with Gasteiger partial charge in [0.1, 0.15) is 0 Å². The van der Waals surface area contributed by atoms with E-state index in [4.69, 9.17) is 4.74 Å². The summed E-state index contributed by atoms with van der Waals surface area (Å²) in [4.78, 5) is 23.9. The average molecular weight is 417 g/mol. The molecule has 0 aliphatic rings. The lowest BCUT2D eigenvalue weighted by Crippen LogP contribution is -2.31. The van der Waals surface area contributed by atoms with Gasteiger partial charge in [0.05, 0.1) is 22.5 Å². The van der Waals surface area contributed by atoms with Gasteiger partial charge in [-0.1, -0.05) is 19.9 Å². The van der Waals surface area contributed by atoms with Gasteiger partial charge in [-0.2, -0.15) is 4.31 Å². The van der Waals surface area contributed by atoms with Crippen LogP contribution in [0.4, 0.5) is 5.69 Å². The van der Waals surface area contributed by atoms with Gasteiger partial charge < -0.3 is 10.1 Å². The Kier molecular flexibility index (Phi) is 9.28. The number of thioether (sulfide) groups is 1. The predicted molar refractivity (Wildman–Crippen MR) is 108 cm³/mol. The minimum absolute atomic E-state index is 0.0813. The first-order chi connectivity index (χ1) is 12.7. The van der Waals surface area contributed by atoms with Gasteiger partial charge in [0.25, 0.3) is 0 Å². The summed E-state index contributed by atoms with van der Waals surface area (Å²) in [5.41, 5.74) is 1.02. The molecular weight excluding hydrogens is 388 g/mol. The summed E-state index contributed by atoms with van der Waals surface area (Å²) in [7, 11) is -3.62. The molecule has 1 atom stereocenters. The third kappa shape index (κ3) is 6.51. The number of hydrogen-bond donors (Lipinski definition) is 1. The highest BCUT2D eigenvalue weighted by Crippen LogP contribution is 2.24. The van der Waals surface area contributed by atoms with Crippen LogP contribution in [0.15, 0.2) is 23.1 Å². The second-order valence-corrected chi connectivity index (χ2v) is 9.05. The Morgan fingerprint density at radius 1 is 1.22 bits per heavy atom. The number of carbonyl (C=O) groups is 2. The maximum absolute atomic E-state index is 12.8. The first-order valence-corrected chi connectivity index (χ1v) is 11.3. The maximum Gasteiger partial charge on any atom is 0.315 e. The first kappa shape index (κ1) is 23.5. The van der Waals surface area contributed by atoms with Crippen LogP contribution in [-0.4, -0.2) is 55.3 Å². The van der Waals surface area contributed by atoms with E-state index >= 15 is 0 Å². The molecule has 1 amide bonds. The molecule has 27 heavy (non-hydrogen) atoms. The number of nitrogens with one attached hydrogen (secondary N) is 1. The fraction of sp³-hybridized carbons (Fsp3) is 0.556. The molecule has 0 aliphatic carbocycles. The molecule has 1 N–H and O–H groups in total. The number of esters is 1. The monoisotopic (exact) mass is 416 g/mol. The van der Waals surface area contributed by atoms with E-state index in [9.17, 15) is 18.0 Å². The summed E-state index contributed by atoms with van der Waals surface area (Å²) in [6.07, 6.45) is 0. The summed E-state index contributed by atoms with van der Waals surface area (Å²) in [6, 6.07) is 4.81. The van der Waals surface area contributed by atoms with Gasteiger partial charge in [-0.05, 0) is 38.5 Å². The molecule has 0 fully saturated rings. The van der Waals surface area contributed by atoms with Crippen LogP contribution in [-0.2, 0) is 24.3 Å². The molecule has 0 aromatic heterocycles. The fourth-order valence-electron chi connectivity index (χ4n) is 2.37. The van der Waals surface area contributed by atoms with Crippen LogP contribution in [0.3, 0.4) is 0 Å². The number of rotatable bonds is 10. The Bertz CT molecular complexity index is 761. The van der Waals surface area contributed by atoms with Crippen LogP contribution >= 0.6 is 11.8 Å². The first-order valence-electron chi connectivity index (χ1n) is 8.86. The van der Waals surface area contributed by atoms with E-state index in [1.165, 1.54) is 10.4 Å². The van der Waals surface area contributed by atoms with Crippen molar-refractivity contribution in [3.8, 4) is 0 Å². The topological polar surface area (TPSA) is 92.8 Å². The summed E-state index contributed by atoms with van der Waals surface area (Å²) in [5, 5.41) is 2.23. The lowest BCUT2D eigenvalue weighted by Gasteiger charge is -2.20. The van der Waals surface area contributed by atoms with Gasteiger partial charge in [0, 0.05) is 18.8 Å². The zero-order chi connectivity index (χ0) is 20.6. The number of hydrogen-bond acceptors (Lipinski definition) is 6. The van der Waals surface area contributed by atoms with Crippen molar-refractivity contribution in [3.05, 3.63) is 23.8 Å². The van der Waals surface area contributed by atoms with Gasteiger partial charge in [-0.25, -0.2) is 8.42 Å². The number of nitrogens with zero attached hydrogens (tertiary/aromatic N) is 1. The molecule has 0 saturated heterocycles. The zero-order valence-corrected chi connectivity index (χ0v) is 18.1. The predicted octanol–water partition coefficient (Wildman–Crippen LogP) is 2.65. The van der Waals surface area contributed by atoms with E-state index in [1.807, 2.05) is 0 Å². The molecule has 9 heteroatoms. The molecular formula is C18H28N2O5S2. The van der Waals surface area contributed by atoms with Crippen molar-refractivity contribution in [2.75, 3.05) is 30.8 Å². The fourth-order valence-corrected chi connectivity index (χ4v) is 4.76. The Balaban J connectivity index is 2.91. The van der Waals surface area contributed by atoms with E-state index in [-0.39, 0.29) is 22.5 Å². The van der Waals surface area contributed by atoms with Crippen LogP contribution in [0.5, 0.6) is 0 Å². The molecule has 0 heterocycles. The van der Waals surface area contributed by atoms with Gasteiger partial charge in [0.15, 0.2) is 0 Å². The van der Waals surface area contributed by atoms with Gasteiger partial charge in [0.2, 0.25) is 15.9 Å². The van der Waals surface area contributed by atoms with Crippen molar-refractivity contribution >= 4 is 39.3 Å². The number of ether oxygens (including phenoxy) is 1. The third-order valence-electron chi connectivity index (χ3n) is 3.90. The van der Waals surface area contributed by atoms with Crippen LogP contribution < -0.4 is 5.32 Å². The number of sulfonamides is 1. The summed E-state index contributed by atoms with van der Waals surface area (Å²) >= 11 is 1.16. The van der Waals surface area contributed by atoms with E-state index < -0.39 is 15.3 Å². The van der Waals surface area contributed by atoms with Gasteiger partial charge in [-0.3, -0.25) is 9.59 Å². The number of amides is 1. The maximum atomic E-state index is 12.8. The van der Waals surface area contributed by atoms with Crippen molar-refractivity contribution in [3.63, 3.8) is 0 Å². The van der Waals surface area contributed by atoms with E-state index in [1.54, 1.807) is 46.8 Å². The molecule has 1 unspecified atom stereocenters. The lowest BCUT2D eigenvalue weighted by molar-refractivity contribution is -0.139. The van der Waals surface area contributed by atoms with E-state index in [0.29, 0.717) is 30.9 Å². The molecule has 0 saturated carbocycles. The summed E-state index contributed by atoms with van der Waals surface area (Å²) in [5.74, 6) is -0.595. The largest absolute Gasteiger partial charge is 0.465 e. The Morgan fingerprint density at radius 2 is 1.85 bits per heavy atom. The highest BCUT2D eigenvalue weighted by Gasteiger charge is 2.24. The second-order valence-electron chi connectivity index (χ2n) is 5.82. The smallest absolute Gasteiger partial charge is 0.315 e. The van der Waals surface area contributed by atoms with Gasteiger partial charge in [-0.15, -0.1) is 11.8 Å². The van der Waals surface area contributed by atoms with Gasteiger partial charge >= 0.3 is 5.97 Å². The number of aryl methyl sites for hydroxylation is 1. The average Bonchev–Trinajstić information content (AvgIpc) is 2.62.